The molecule has 0 aliphatic heterocycles. The molecule has 0 radical (unpaired) electrons. The Morgan fingerprint density at radius 2 is 2.24 bits per heavy atom. The second-order valence-electron chi connectivity index (χ2n) is 3.84. The van der Waals surface area contributed by atoms with Crippen molar-refractivity contribution in [3.8, 4) is 6.07 Å². The molecule has 0 spiro atoms. The van der Waals surface area contributed by atoms with Crippen LogP contribution in [-0.4, -0.2) is 12.6 Å². The van der Waals surface area contributed by atoms with Crippen LogP contribution in [0.15, 0.2) is 18.2 Å². The number of benzene rings is 1. The summed E-state index contributed by atoms with van der Waals surface area (Å²) >= 11 is 0. The first-order chi connectivity index (χ1) is 8.13. The van der Waals surface area contributed by atoms with Crippen LogP contribution >= 0.6 is 0 Å². The Morgan fingerprint density at radius 1 is 1.47 bits per heavy atom. The first kappa shape index (κ1) is 13.0. The average Bonchev–Trinajstić information content (AvgIpc) is 2.28. The van der Waals surface area contributed by atoms with Gasteiger partial charge in [-0.1, -0.05) is 23.8 Å². The van der Waals surface area contributed by atoms with E-state index in [-0.39, 0.29) is 6.61 Å². The molecule has 1 aromatic rings. The summed E-state index contributed by atoms with van der Waals surface area (Å²) in [4.78, 5) is 11.2. The predicted molar refractivity (Wildman–Crippen MR) is 64.3 cm³/mol. The van der Waals surface area contributed by atoms with E-state index in [1.54, 1.807) is 0 Å². The summed E-state index contributed by atoms with van der Waals surface area (Å²) < 4.78 is 5.04. The van der Waals surface area contributed by atoms with Crippen LogP contribution in [0.1, 0.15) is 23.1 Å². The third-order valence-electron chi connectivity index (χ3n) is 2.36. The van der Waals surface area contributed by atoms with Crippen molar-refractivity contribution in [3.05, 3.63) is 34.9 Å². The molecule has 90 valence electrons. The molecule has 0 saturated heterocycles. The highest BCUT2D eigenvalue weighted by molar-refractivity contribution is 5.67. The third kappa shape index (κ3) is 4.56. The lowest BCUT2D eigenvalue weighted by Gasteiger charge is -2.08. The Hall–Kier alpha value is -2.02. The van der Waals surface area contributed by atoms with Crippen LogP contribution in [0.25, 0.3) is 0 Å². The second-order valence-corrected chi connectivity index (χ2v) is 3.84. The predicted octanol–water partition coefficient (Wildman–Crippen LogP) is 2.44. The fraction of sp³-hybridized carbons (Fsp3) is 0.385. The highest BCUT2D eigenvalue weighted by Crippen LogP contribution is 2.11. The topological polar surface area (TPSA) is 62.1 Å². The summed E-state index contributed by atoms with van der Waals surface area (Å²) in [6, 6.07) is 7.93. The van der Waals surface area contributed by atoms with Crippen molar-refractivity contribution in [1.82, 2.24) is 5.32 Å². The van der Waals surface area contributed by atoms with Gasteiger partial charge in [-0.2, -0.15) is 5.26 Å². The fourth-order valence-corrected chi connectivity index (χ4v) is 1.42. The van der Waals surface area contributed by atoms with Crippen molar-refractivity contribution in [2.45, 2.75) is 26.9 Å². The molecule has 0 fully saturated rings. The van der Waals surface area contributed by atoms with E-state index in [4.69, 9.17) is 10.00 Å². The summed E-state index contributed by atoms with van der Waals surface area (Å²) in [6.45, 7) is 4.58. The zero-order valence-corrected chi connectivity index (χ0v) is 10.1. The highest BCUT2D eigenvalue weighted by Gasteiger charge is 2.03. The molecule has 0 heterocycles. The van der Waals surface area contributed by atoms with Crippen LogP contribution in [0.4, 0.5) is 4.79 Å². The van der Waals surface area contributed by atoms with Gasteiger partial charge in [-0.3, -0.25) is 0 Å². The fourth-order valence-electron chi connectivity index (χ4n) is 1.42. The summed E-state index contributed by atoms with van der Waals surface area (Å²) in [7, 11) is 0. The number of nitrogens with zero attached hydrogens (tertiary/aromatic N) is 1. The van der Waals surface area contributed by atoms with Crippen LogP contribution in [0, 0.1) is 25.2 Å². The number of carbonyl (C=O) groups excluding carboxylic acids is 1. The number of rotatable bonds is 4. The molecule has 0 saturated carbocycles. The molecule has 1 rings (SSSR count). The highest BCUT2D eigenvalue weighted by atomic mass is 16.5. The van der Waals surface area contributed by atoms with E-state index in [9.17, 15) is 4.79 Å². The number of aryl methyl sites for hydroxylation is 2. The Balaban J connectivity index is 2.40. The maximum atomic E-state index is 11.2. The van der Waals surface area contributed by atoms with Crippen LogP contribution in [0.5, 0.6) is 0 Å². The molecule has 1 N–H and O–H groups in total. The number of hydrogen-bond acceptors (Lipinski definition) is 3. The Labute approximate surface area is 101 Å². The molecule has 0 bridgehead atoms. The summed E-state index contributed by atoms with van der Waals surface area (Å²) in [5.74, 6) is 0. The molecule has 0 aliphatic rings. The van der Waals surface area contributed by atoms with Crippen molar-refractivity contribution in [2.75, 3.05) is 6.54 Å². The van der Waals surface area contributed by atoms with E-state index in [1.807, 2.05) is 38.1 Å². The van der Waals surface area contributed by atoms with Gasteiger partial charge >= 0.3 is 6.09 Å². The number of ether oxygens (including phenoxy) is 1. The SMILES string of the molecule is Cc1ccc(COC(=O)NCCC#N)c(C)c1. The van der Waals surface area contributed by atoms with Gasteiger partial charge in [0.25, 0.3) is 0 Å². The lowest BCUT2D eigenvalue weighted by molar-refractivity contribution is 0.139. The standard InChI is InChI=1S/C13H16N2O2/c1-10-4-5-12(11(2)8-10)9-17-13(16)15-7-3-6-14/h4-5,8H,3,7,9H2,1-2H3,(H,15,16). The lowest BCUT2D eigenvalue weighted by atomic mass is 10.1. The quantitative estimate of drug-likeness (QED) is 0.811. The molecule has 1 aromatic carbocycles. The van der Waals surface area contributed by atoms with E-state index >= 15 is 0 Å². The normalized spacial score (nSPS) is 9.47. The lowest BCUT2D eigenvalue weighted by Crippen LogP contribution is -2.25. The summed E-state index contributed by atoms with van der Waals surface area (Å²) in [6.07, 6.45) is -0.196. The Kier molecular flexibility index (Phi) is 5.02. The van der Waals surface area contributed by atoms with Crippen LogP contribution < -0.4 is 5.32 Å². The molecule has 1 amide bonds. The largest absolute Gasteiger partial charge is 0.445 e. The minimum Gasteiger partial charge on any atom is -0.445 e. The smallest absolute Gasteiger partial charge is 0.407 e. The monoisotopic (exact) mass is 232 g/mol. The summed E-state index contributed by atoms with van der Waals surface area (Å²) in [5.41, 5.74) is 3.28. The average molecular weight is 232 g/mol. The summed E-state index contributed by atoms with van der Waals surface area (Å²) in [5, 5.41) is 10.8. The van der Waals surface area contributed by atoms with Gasteiger partial charge in [0, 0.05) is 6.54 Å². The number of carbonyl (C=O) groups is 1. The van der Waals surface area contributed by atoms with Crippen molar-refractivity contribution >= 4 is 6.09 Å². The van der Waals surface area contributed by atoms with Crippen LogP contribution in [0.2, 0.25) is 0 Å². The van der Waals surface area contributed by atoms with E-state index in [1.165, 1.54) is 5.56 Å². The zero-order valence-electron chi connectivity index (χ0n) is 10.1. The molecular formula is C13H16N2O2. The molecule has 17 heavy (non-hydrogen) atoms. The van der Waals surface area contributed by atoms with Gasteiger partial charge in [-0.25, -0.2) is 4.79 Å². The first-order valence-electron chi connectivity index (χ1n) is 5.47. The number of nitrogens with one attached hydrogen (secondary N) is 1. The van der Waals surface area contributed by atoms with Gasteiger partial charge in [0.2, 0.25) is 0 Å². The third-order valence-corrected chi connectivity index (χ3v) is 2.36. The van der Waals surface area contributed by atoms with Gasteiger partial charge in [0.15, 0.2) is 0 Å². The second kappa shape index (κ2) is 6.54. The minimum atomic E-state index is -0.486. The maximum Gasteiger partial charge on any atom is 0.407 e. The zero-order chi connectivity index (χ0) is 12.7. The molecule has 0 aromatic heterocycles. The molecule has 4 heteroatoms. The van der Waals surface area contributed by atoms with E-state index in [0.29, 0.717) is 13.0 Å². The van der Waals surface area contributed by atoms with Crippen LogP contribution in [-0.2, 0) is 11.3 Å². The molecule has 0 aliphatic carbocycles. The first-order valence-corrected chi connectivity index (χ1v) is 5.47. The Bertz CT molecular complexity index is 436. The van der Waals surface area contributed by atoms with Crippen molar-refractivity contribution < 1.29 is 9.53 Å². The maximum absolute atomic E-state index is 11.2. The van der Waals surface area contributed by atoms with Gasteiger partial charge in [0.1, 0.15) is 6.61 Å². The molecule has 4 nitrogen and oxygen atoms in total. The minimum absolute atomic E-state index is 0.254. The number of alkyl carbamates (subject to hydrolysis) is 1. The van der Waals surface area contributed by atoms with Gasteiger partial charge in [0.05, 0.1) is 12.5 Å². The Morgan fingerprint density at radius 3 is 2.88 bits per heavy atom. The number of hydrogen-bond donors (Lipinski definition) is 1. The van der Waals surface area contributed by atoms with Gasteiger partial charge < -0.3 is 10.1 Å². The molecular weight excluding hydrogens is 216 g/mol. The van der Waals surface area contributed by atoms with Gasteiger partial charge in [-0.05, 0) is 25.0 Å². The van der Waals surface area contributed by atoms with E-state index < -0.39 is 6.09 Å². The van der Waals surface area contributed by atoms with E-state index in [2.05, 4.69) is 5.32 Å². The van der Waals surface area contributed by atoms with E-state index in [0.717, 1.165) is 11.1 Å². The number of amides is 1. The molecule has 0 atom stereocenters. The van der Waals surface area contributed by atoms with Gasteiger partial charge in [-0.15, -0.1) is 0 Å². The molecule has 0 unspecified atom stereocenters. The van der Waals surface area contributed by atoms with Crippen molar-refractivity contribution in [3.63, 3.8) is 0 Å². The van der Waals surface area contributed by atoms with Crippen LogP contribution in [0.3, 0.4) is 0 Å². The van der Waals surface area contributed by atoms with Crippen molar-refractivity contribution in [1.29, 1.82) is 5.26 Å². The van der Waals surface area contributed by atoms with Crippen molar-refractivity contribution in [2.24, 2.45) is 0 Å². The number of nitriles is 1.